The lowest BCUT2D eigenvalue weighted by Gasteiger charge is -2.33. The highest BCUT2D eigenvalue weighted by Gasteiger charge is 2.41. The molecule has 19 heavy (non-hydrogen) atoms. The van der Waals surface area contributed by atoms with Crippen molar-refractivity contribution in [3.8, 4) is 0 Å². The number of rotatable bonds is 2. The van der Waals surface area contributed by atoms with Crippen LogP contribution >= 0.6 is 0 Å². The molecule has 110 valence electrons. The number of piperidine rings is 1. The van der Waals surface area contributed by atoms with Gasteiger partial charge in [0.1, 0.15) is 0 Å². The average Bonchev–Trinajstić information content (AvgIpc) is 2.88. The van der Waals surface area contributed by atoms with Gasteiger partial charge in [0.05, 0.1) is 12.0 Å². The molecule has 0 spiro atoms. The van der Waals surface area contributed by atoms with Gasteiger partial charge in [0.15, 0.2) is 0 Å². The summed E-state index contributed by atoms with van der Waals surface area (Å²) in [6.45, 7) is 1.50. The number of nitrogens with zero attached hydrogens (tertiary/aromatic N) is 1. The molecule has 2 saturated heterocycles. The van der Waals surface area contributed by atoms with E-state index in [4.69, 9.17) is 4.74 Å². The largest absolute Gasteiger partial charge is 0.391 e. The third kappa shape index (κ3) is 3.99. The Hall–Kier alpha value is -0.980. The van der Waals surface area contributed by atoms with Crippen LogP contribution in [0.2, 0.25) is 0 Å². The molecule has 2 fully saturated rings. The highest BCUT2D eigenvalue weighted by Crippen LogP contribution is 2.33. The molecule has 2 heterocycles. The average molecular weight is 280 g/mol. The summed E-state index contributed by atoms with van der Waals surface area (Å²) in [6.07, 6.45) is -2.17. The quantitative estimate of drug-likeness (QED) is 0.842. The van der Waals surface area contributed by atoms with Crippen LogP contribution < -0.4 is 5.32 Å². The minimum absolute atomic E-state index is 0.00313. The highest BCUT2D eigenvalue weighted by atomic mass is 19.4. The van der Waals surface area contributed by atoms with Crippen LogP contribution in [0.3, 0.4) is 0 Å². The van der Waals surface area contributed by atoms with Gasteiger partial charge in [0, 0.05) is 26.2 Å². The van der Waals surface area contributed by atoms with Gasteiger partial charge in [0.25, 0.3) is 0 Å². The van der Waals surface area contributed by atoms with Gasteiger partial charge in [0.2, 0.25) is 0 Å². The second kappa shape index (κ2) is 5.98. The molecule has 0 bridgehead atoms. The smallest absolute Gasteiger partial charge is 0.376 e. The molecule has 0 aromatic carbocycles. The van der Waals surface area contributed by atoms with Gasteiger partial charge in [-0.1, -0.05) is 0 Å². The van der Waals surface area contributed by atoms with Gasteiger partial charge < -0.3 is 15.0 Å². The van der Waals surface area contributed by atoms with E-state index in [9.17, 15) is 18.0 Å². The summed E-state index contributed by atoms with van der Waals surface area (Å²) in [6, 6.07) is -0.281. The van der Waals surface area contributed by atoms with Crippen LogP contribution in [0.4, 0.5) is 18.0 Å². The Bertz CT molecular complexity index is 309. The molecule has 0 radical (unpaired) electrons. The number of halogens is 3. The first kappa shape index (κ1) is 14.4. The molecular formula is C12H19F3N2O2. The second-order valence-electron chi connectivity index (χ2n) is 5.12. The van der Waals surface area contributed by atoms with Crippen molar-refractivity contribution in [2.45, 2.75) is 38.0 Å². The van der Waals surface area contributed by atoms with Crippen LogP contribution in [0.1, 0.15) is 25.7 Å². The number of carbonyl (C=O) groups excluding carboxylic acids is 1. The molecule has 0 aliphatic carbocycles. The molecule has 7 heteroatoms. The lowest BCUT2D eigenvalue weighted by molar-refractivity contribution is -0.183. The van der Waals surface area contributed by atoms with E-state index in [-0.39, 0.29) is 38.1 Å². The summed E-state index contributed by atoms with van der Waals surface area (Å²) < 4.78 is 42.8. The molecular weight excluding hydrogens is 261 g/mol. The molecule has 2 aliphatic heterocycles. The number of likely N-dealkylation sites (tertiary alicyclic amines) is 1. The molecule has 4 nitrogen and oxygen atoms in total. The number of alkyl halides is 3. The minimum atomic E-state index is -4.14. The topological polar surface area (TPSA) is 41.6 Å². The Morgan fingerprint density at radius 1 is 1.26 bits per heavy atom. The fraction of sp³-hybridized carbons (Fsp3) is 0.917. The van der Waals surface area contributed by atoms with Crippen LogP contribution in [0.15, 0.2) is 0 Å². The first-order chi connectivity index (χ1) is 8.97. The zero-order chi connectivity index (χ0) is 13.9. The maximum Gasteiger partial charge on any atom is 0.391 e. The monoisotopic (exact) mass is 280 g/mol. The molecule has 1 atom stereocenters. The number of amides is 2. The van der Waals surface area contributed by atoms with E-state index in [2.05, 4.69) is 5.32 Å². The van der Waals surface area contributed by atoms with Crippen LogP contribution in [-0.2, 0) is 4.74 Å². The number of hydrogen-bond acceptors (Lipinski definition) is 2. The van der Waals surface area contributed by atoms with Crippen LogP contribution in [0.25, 0.3) is 0 Å². The van der Waals surface area contributed by atoms with E-state index >= 15 is 0 Å². The number of hydrogen-bond donors (Lipinski definition) is 1. The van der Waals surface area contributed by atoms with Gasteiger partial charge in [-0.3, -0.25) is 0 Å². The van der Waals surface area contributed by atoms with Crippen LogP contribution in [-0.4, -0.2) is 49.5 Å². The molecule has 0 aromatic heterocycles. The summed E-state index contributed by atoms with van der Waals surface area (Å²) in [5.41, 5.74) is 0. The molecule has 0 aromatic rings. The SMILES string of the molecule is O=C(NCC1CCCO1)N1CCC(C(F)(F)F)CC1. The van der Waals surface area contributed by atoms with Crippen molar-refractivity contribution in [3.05, 3.63) is 0 Å². The maximum atomic E-state index is 12.5. The van der Waals surface area contributed by atoms with Crippen molar-refractivity contribution in [3.63, 3.8) is 0 Å². The van der Waals surface area contributed by atoms with E-state index in [0.29, 0.717) is 6.54 Å². The van der Waals surface area contributed by atoms with Crippen molar-refractivity contribution in [2.24, 2.45) is 5.92 Å². The normalized spacial score (nSPS) is 25.6. The zero-order valence-electron chi connectivity index (χ0n) is 10.7. The van der Waals surface area contributed by atoms with E-state index in [1.54, 1.807) is 0 Å². The van der Waals surface area contributed by atoms with Crippen molar-refractivity contribution in [2.75, 3.05) is 26.2 Å². The Balaban J connectivity index is 1.70. The van der Waals surface area contributed by atoms with Gasteiger partial charge in [-0.05, 0) is 25.7 Å². The fourth-order valence-corrected chi connectivity index (χ4v) is 2.53. The third-order valence-electron chi connectivity index (χ3n) is 3.75. The highest BCUT2D eigenvalue weighted by molar-refractivity contribution is 5.74. The van der Waals surface area contributed by atoms with Crippen molar-refractivity contribution >= 4 is 6.03 Å². The van der Waals surface area contributed by atoms with Crippen molar-refractivity contribution in [1.29, 1.82) is 0 Å². The van der Waals surface area contributed by atoms with E-state index in [1.165, 1.54) is 4.90 Å². The zero-order valence-corrected chi connectivity index (χ0v) is 10.7. The molecule has 1 unspecified atom stereocenters. The standard InChI is InChI=1S/C12H19F3N2O2/c13-12(14,15)9-3-5-17(6-4-9)11(18)16-8-10-2-1-7-19-10/h9-10H,1-8H2,(H,16,18). The van der Waals surface area contributed by atoms with Gasteiger partial charge in [-0.15, -0.1) is 0 Å². The van der Waals surface area contributed by atoms with Crippen molar-refractivity contribution < 1.29 is 22.7 Å². The van der Waals surface area contributed by atoms with Gasteiger partial charge in [-0.2, -0.15) is 13.2 Å². The predicted molar refractivity (Wildman–Crippen MR) is 62.7 cm³/mol. The Labute approximate surface area is 110 Å². The Kier molecular flexibility index (Phi) is 4.54. The first-order valence-corrected chi connectivity index (χ1v) is 6.68. The van der Waals surface area contributed by atoms with Gasteiger partial charge in [-0.25, -0.2) is 4.79 Å². The summed E-state index contributed by atoms with van der Waals surface area (Å²) in [5, 5.41) is 2.73. The van der Waals surface area contributed by atoms with E-state index in [0.717, 1.165) is 19.4 Å². The van der Waals surface area contributed by atoms with Gasteiger partial charge >= 0.3 is 12.2 Å². The van der Waals surface area contributed by atoms with E-state index in [1.807, 2.05) is 0 Å². The van der Waals surface area contributed by atoms with E-state index < -0.39 is 12.1 Å². The summed E-state index contributed by atoms with van der Waals surface area (Å²) in [4.78, 5) is 13.2. The maximum absolute atomic E-state index is 12.5. The molecule has 2 amide bonds. The van der Waals surface area contributed by atoms with Crippen LogP contribution in [0.5, 0.6) is 0 Å². The lowest BCUT2D eigenvalue weighted by atomic mass is 9.96. The minimum Gasteiger partial charge on any atom is -0.376 e. The Morgan fingerprint density at radius 3 is 2.47 bits per heavy atom. The lowest BCUT2D eigenvalue weighted by Crippen LogP contribution is -2.47. The van der Waals surface area contributed by atoms with Crippen molar-refractivity contribution in [1.82, 2.24) is 10.2 Å². The fourth-order valence-electron chi connectivity index (χ4n) is 2.53. The third-order valence-corrected chi connectivity index (χ3v) is 3.75. The number of carbonyl (C=O) groups is 1. The summed E-state index contributed by atoms with van der Waals surface area (Å²) in [7, 11) is 0. The Morgan fingerprint density at radius 2 is 1.95 bits per heavy atom. The van der Waals surface area contributed by atoms with Crippen LogP contribution in [0, 0.1) is 5.92 Å². The number of ether oxygens (including phenoxy) is 1. The second-order valence-corrected chi connectivity index (χ2v) is 5.12. The summed E-state index contributed by atoms with van der Waals surface area (Å²) in [5.74, 6) is -1.27. The number of nitrogens with one attached hydrogen (secondary N) is 1. The molecule has 2 aliphatic rings. The molecule has 1 N–H and O–H groups in total. The first-order valence-electron chi connectivity index (χ1n) is 6.68. The molecule has 0 saturated carbocycles. The molecule has 2 rings (SSSR count). The number of urea groups is 1. The summed E-state index contributed by atoms with van der Waals surface area (Å²) >= 11 is 0. The predicted octanol–water partition coefficient (Wildman–Crippen LogP) is 2.15.